The van der Waals surface area contributed by atoms with Crippen LogP contribution in [0.4, 0.5) is 0 Å². The summed E-state index contributed by atoms with van der Waals surface area (Å²) in [5.74, 6) is 0. The number of hydrogen-bond acceptors (Lipinski definition) is 1. The van der Waals surface area contributed by atoms with Crippen molar-refractivity contribution in [2.45, 2.75) is 26.7 Å². The summed E-state index contributed by atoms with van der Waals surface area (Å²) in [5, 5.41) is 1.54. The highest BCUT2D eigenvalue weighted by Crippen LogP contribution is 2.19. The Morgan fingerprint density at radius 3 is 2.29 bits per heavy atom. The van der Waals surface area contributed by atoms with Crippen LogP contribution in [0, 0.1) is 5.25 Å². The van der Waals surface area contributed by atoms with Crippen molar-refractivity contribution in [3.8, 4) is 0 Å². The Balaban J connectivity index is 2.83. The summed E-state index contributed by atoms with van der Waals surface area (Å²) < 4.78 is 0. The second-order valence-corrected chi connectivity index (χ2v) is 2.76. The molecule has 1 heteroatoms. The summed E-state index contributed by atoms with van der Waals surface area (Å²) in [7, 11) is 0. The third-order valence-electron chi connectivity index (χ3n) is 0.951. The lowest BCUT2D eigenvalue weighted by atomic mass is 10.3. The molecule has 0 aromatic carbocycles. The molecule has 0 atom stereocenters. The minimum atomic E-state index is 1.28. The summed E-state index contributed by atoms with van der Waals surface area (Å²) >= 11 is 1.87. The SMILES string of the molecule is CCC[C](C)SC. The second kappa shape index (κ2) is 4.51. The zero-order valence-corrected chi connectivity index (χ0v) is 6.14. The van der Waals surface area contributed by atoms with Gasteiger partial charge in [-0.05, 0) is 19.6 Å². The standard InChI is InChI=1S/C6H13S/c1-4-5-6(2)7-3/h4-5H2,1-3H3. The highest BCUT2D eigenvalue weighted by Gasteiger charge is 1.94. The normalized spacial score (nSPS) is 10.3. The Hall–Kier alpha value is 0.350. The Morgan fingerprint density at radius 2 is 2.14 bits per heavy atom. The Bertz CT molecular complexity index is 35.2. The molecule has 0 unspecified atom stereocenters. The van der Waals surface area contributed by atoms with Crippen molar-refractivity contribution in [3.63, 3.8) is 0 Å². The highest BCUT2D eigenvalue weighted by molar-refractivity contribution is 8.01. The topological polar surface area (TPSA) is 0 Å². The number of hydrogen-bond donors (Lipinski definition) is 0. The third-order valence-corrected chi connectivity index (χ3v) is 1.85. The van der Waals surface area contributed by atoms with E-state index in [1.54, 1.807) is 5.25 Å². The van der Waals surface area contributed by atoms with Gasteiger partial charge in [-0.15, -0.1) is 0 Å². The summed E-state index contributed by atoms with van der Waals surface area (Å²) in [6.45, 7) is 4.40. The summed E-state index contributed by atoms with van der Waals surface area (Å²) in [4.78, 5) is 0. The number of rotatable bonds is 3. The van der Waals surface area contributed by atoms with Gasteiger partial charge in [0, 0.05) is 5.25 Å². The van der Waals surface area contributed by atoms with E-state index < -0.39 is 0 Å². The molecule has 0 N–H and O–H groups in total. The minimum Gasteiger partial charge on any atom is -0.157 e. The fourth-order valence-electron chi connectivity index (χ4n) is 0.454. The zero-order valence-electron chi connectivity index (χ0n) is 5.32. The molecule has 0 saturated heterocycles. The smallest absolute Gasteiger partial charge is 0.0272 e. The molecule has 1 radical (unpaired) electrons. The van der Waals surface area contributed by atoms with Crippen LogP contribution in [0.3, 0.4) is 0 Å². The summed E-state index contributed by atoms with van der Waals surface area (Å²) in [6, 6.07) is 0. The molecule has 0 aromatic rings. The molecule has 0 aliphatic heterocycles. The first-order valence-electron chi connectivity index (χ1n) is 2.67. The van der Waals surface area contributed by atoms with Gasteiger partial charge in [-0.3, -0.25) is 0 Å². The molecule has 0 rings (SSSR count). The molecular weight excluding hydrogens is 104 g/mol. The van der Waals surface area contributed by atoms with E-state index in [0.717, 1.165) is 0 Å². The van der Waals surface area contributed by atoms with Crippen LogP contribution in [0.2, 0.25) is 0 Å². The molecule has 0 aliphatic carbocycles. The van der Waals surface area contributed by atoms with Gasteiger partial charge >= 0.3 is 0 Å². The first kappa shape index (κ1) is 7.35. The molecule has 0 spiro atoms. The van der Waals surface area contributed by atoms with Crippen LogP contribution in [0.1, 0.15) is 26.7 Å². The average Bonchev–Trinajstić information content (AvgIpc) is 1.68. The molecule has 0 aliphatic rings. The molecule has 0 fully saturated rings. The lowest BCUT2D eigenvalue weighted by Gasteiger charge is -2.01. The average molecular weight is 117 g/mol. The van der Waals surface area contributed by atoms with E-state index in [9.17, 15) is 0 Å². The van der Waals surface area contributed by atoms with E-state index in [4.69, 9.17) is 0 Å². The zero-order chi connectivity index (χ0) is 5.70. The lowest BCUT2D eigenvalue weighted by molar-refractivity contribution is 0.880. The van der Waals surface area contributed by atoms with Crippen molar-refractivity contribution in [1.82, 2.24) is 0 Å². The van der Waals surface area contributed by atoms with Crippen LogP contribution in [0.25, 0.3) is 0 Å². The third kappa shape index (κ3) is 4.20. The van der Waals surface area contributed by atoms with Gasteiger partial charge in [0.2, 0.25) is 0 Å². The molecule has 43 valence electrons. The maximum Gasteiger partial charge on any atom is 0.0272 e. The fourth-order valence-corrected chi connectivity index (χ4v) is 0.862. The minimum absolute atomic E-state index is 1.28. The van der Waals surface area contributed by atoms with E-state index in [-0.39, 0.29) is 0 Å². The van der Waals surface area contributed by atoms with Crippen LogP contribution in [-0.4, -0.2) is 6.26 Å². The monoisotopic (exact) mass is 117 g/mol. The van der Waals surface area contributed by atoms with Gasteiger partial charge in [-0.25, -0.2) is 0 Å². The van der Waals surface area contributed by atoms with E-state index in [0.29, 0.717) is 0 Å². The van der Waals surface area contributed by atoms with Gasteiger partial charge in [-0.1, -0.05) is 13.3 Å². The van der Waals surface area contributed by atoms with Crippen molar-refractivity contribution in [3.05, 3.63) is 5.25 Å². The molecule has 0 heterocycles. The lowest BCUT2D eigenvalue weighted by Crippen LogP contribution is -1.79. The van der Waals surface area contributed by atoms with Crippen molar-refractivity contribution < 1.29 is 0 Å². The Labute approximate surface area is 50.7 Å². The highest BCUT2D eigenvalue weighted by atomic mass is 32.2. The van der Waals surface area contributed by atoms with Gasteiger partial charge in [0.15, 0.2) is 0 Å². The molecule has 7 heavy (non-hydrogen) atoms. The molecular formula is C6H13S. The number of thioether (sulfide) groups is 1. The fraction of sp³-hybridized carbons (Fsp3) is 0.833. The molecule has 0 saturated carbocycles. The van der Waals surface area contributed by atoms with Gasteiger partial charge in [0.1, 0.15) is 0 Å². The maximum absolute atomic E-state index is 2.21. The van der Waals surface area contributed by atoms with Crippen LogP contribution in [-0.2, 0) is 0 Å². The van der Waals surface area contributed by atoms with E-state index >= 15 is 0 Å². The molecule has 0 amide bonds. The predicted molar refractivity (Wildman–Crippen MR) is 37.3 cm³/mol. The van der Waals surface area contributed by atoms with E-state index in [1.165, 1.54) is 12.8 Å². The van der Waals surface area contributed by atoms with Crippen molar-refractivity contribution >= 4 is 11.8 Å². The largest absolute Gasteiger partial charge is 0.157 e. The van der Waals surface area contributed by atoms with Crippen molar-refractivity contribution in [1.29, 1.82) is 0 Å². The van der Waals surface area contributed by atoms with Crippen LogP contribution >= 0.6 is 11.8 Å². The second-order valence-electron chi connectivity index (χ2n) is 1.66. The van der Waals surface area contributed by atoms with E-state index in [1.807, 2.05) is 11.8 Å². The molecule has 0 aromatic heterocycles. The Kier molecular flexibility index (Phi) is 4.73. The Morgan fingerprint density at radius 1 is 1.57 bits per heavy atom. The first-order valence-corrected chi connectivity index (χ1v) is 3.90. The first-order chi connectivity index (χ1) is 3.31. The van der Waals surface area contributed by atoms with Crippen LogP contribution in [0.5, 0.6) is 0 Å². The van der Waals surface area contributed by atoms with Gasteiger partial charge in [0.05, 0.1) is 0 Å². The van der Waals surface area contributed by atoms with E-state index in [2.05, 4.69) is 20.1 Å². The quantitative estimate of drug-likeness (QED) is 0.547. The maximum atomic E-state index is 2.21. The van der Waals surface area contributed by atoms with Gasteiger partial charge < -0.3 is 0 Å². The van der Waals surface area contributed by atoms with Gasteiger partial charge in [-0.2, -0.15) is 11.8 Å². The molecule has 0 bridgehead atoms. The van der Waals surface area contributed by atoms with Crippen LogP contribution in [0.15, 0.2) is 0 Å². The van der Waals surface area contributed by atoms with Crippen molar-refractivity contribution in [2.24, 2.45) is 0 Å². The van der Waals surface area contributed by atoms with Crippen molar-refractivity contribution in [2.75, 3.05) is 6.26 Å². The predicted octanol–water partition coefficient (Wildman–Crippen LogP) is 2.70. The van der Waals surface area contributed by atoms with Gasteiger partial charge in [0.25, 0.3) is 0 Å². The summed E-state index contributed by atoms with van der Waals surface area (Å²) in [5.41, 5.74) is 0. The van der Waals surface area contributed by atoms with Crippen LogP contribution < -0.4 is 0 Å². The molecule has 0 nitrogen and oxygen atoms in total. The summed E-state index contributed by atoms with van der Waals surface area (Å²) in [6.07, 6.45) is 4.69.